The van der Waals surface area contributed by atoms with Gasteiger partial charge in [0.25, 0.3) is 0 Å². The quantitative estimate of drug-likeness (QED) is 0.816. The van der Waals surface area contributed by atoms with Crippen LogP contribution < -0.4 is 10.1 Å². The van der Waals surface area contributed by atoms with Crippen molar-refractivity contribution in [3.8, 4) is 11.8 Å². The van der Waals surface area contributed by atoms with Crippen molar-refractivity contribution in [1.29, 1.82) is 5.26 Å². The summed E-state index contributed by atoms with van der Waals surface area (Å²) in [5.74, 6) is 1.30. The van der Waals surface area contributed by atoms with Crippen LogP contribution in [0.2, 0.25) is 0 Å². The van der Waals surface area contributed by atoms with Gasteiger partial charge in [-0.15, -0.1) is 0 Å². The van der Waals surface area contributed by atoms with Crippen LogP contribution in [0, 0.1) is 11.3 Å². The van der Waals surface area contributed by atoms with E-state index in [1.807, 2.05) is 19.1 Å². The van der Waals surface area contributed by atoms with Crippen LogP contribution in [-0.2, 0) is 0 Å². The molecule has 0 aliphatic heterocycles. The van der Waals surface area contributed by atoms with Gasteiger partial charge in [-0.2, -0.15) is 5.26 Å². The Morgan fingerprint density at radius 2 is 2.14 bits per heavy atom. The highest BCUT2D eigenvalue weighted by Gasteiger charge is 2.12. The first-order valence-corrected chi connectivity index (χ1v) is 6.77. The summed E-state index contributed by atoms with van der Waals surface area (Å²) in [6, 6.07) is 12.7. The van der Waals surface area contributed by atoms with Gasteiger partial charge in [-0.1, -0.05) is 12.1 Å². The van der Waals surface area contributed by atoms with Crippen molar-refractivity contribution in [2.24, 2.45) is 0 Å². The van der Waals surface area contributed by atoms with E-state index in [4.69, 9.17) is 14.4 Å². The maximum Gasteiger partial charge on any atom is 0.137 e. The third-order valence-corrected chi connectivity index (χ3v) is 3.07. The van der Waals surface area contributed by atoms with Crippen molar-refractivity contribution in [1.82, 2.24) is 5.32 Å². The first-order chi connectivity index (χ1) is 10.2. The normalized spacial score (nSPS) is 13.4. The largest absolute Gasteiger partial charge is 0.489 e. The Morgan fingerprint density at radius 1 is 1.33 bits per heavy atom. The molecule has 0 saturated heterocycles. The van der Waals surface area contributed by atoms with Gasteiger partial charge < -0.3 is 19.6 Å². The molecule has 2 atom stereocenters. The van der Waals surface area contributed by atoms with Crippen molar-refractivity contribution in [2.45, 2.75) is 19.1 Å². The van der Waals surface area contributed by atoms with Crippen molar-refractivity contribution < 1.29 is 14.3 Å². The molecule has 5 nitrogen and oxygen atoms in total. The number of benzene rings is 1. The van der Waals surface area contributed by atoms with Gasteiger partial charge in [-0.05, 0) is 31.2 Å². The van der Waals surface area contributed by atoms with Crippen molar-refractivity contribution in [3.05, 3.63) is 54.0 Å². The minimum absolute atomic E-state index is 0.0149. The van der Waals surface area contributed by atoms with Crippen LogP contribution in [0.3, 0.4) is 0 Å². The second-order valence-electron chi connectivity index (χ2n) is 4.72. The second-order valence-corrected chi connectivity index (χ2v) is 4.72. The lowest BCUT2D eigenvalue weighted by Crippen LogP contribution is -2.33. The van der Waals surface area contributed by atoms with E-state index < -0.39 is 6.10 Å². The average Bonchev–Trinajstić information content (AvgIpc) is 3.05. The van der Waals surface area contributed by atoms with Gasteiger partial charge in [-0.3, -0.25) is 0 Å². The SMILES string of the molecule is C[C@H](NCC(O)COc1ccccc1C#N)c1ccco1. The maximum atomic E-state index is 9.92. The summed E-state index contributed by atoms with van der Waals surface area (Å²) in [6.07, 6.45) is 0.945. The van der Waals surface area contributed by atoms with E-state index in [-0.39, 0.29) is 12.6 Å². The molecule has 1 aromatic carbocycles. The lowest BCUT2D eigenvalue weighted by molar-refractivity contribution is 0.103. The van der Waals surface area contributed by atoms with Gasteiger partial charge in [0, 0.05) is 6.54 Å². The predicted octanol–water partition coefficient (Wildman–Crippen LogP) is 2.24. The minimum Gasteiger partial charge on any atom is -0.489 e. The van der Waals surface area contributed by atoms with E-state index in [1.165, 1.54) is 0 Å². The number of hydrogen-bond acceptors (Lipinski definition) is 5. The molecule has 0 radical (unpaired) electrons. The summed E-state index contributed by atoms with van der Waals surface area (Å²) in [5.41, 5.74) is 0.460. The van der Waals surface area contributed by atoms with E-state index in [0.29, 0.717) is 17.9 Å². The Kier molecular flexibility index (Phi) is 5.38. The topological polar surface area (TPSA) is 78.4 Å². The fourth-order valence-corrected chi connectivity index (χ4v) is 1.88. The van der Waals surface area contributed by atoms with E-state index in [2.05, 4.69) is 11.4 Å². The van der Waals surface area contributed by atoms with Crippen LogP contribution in [-0.4, -0.2) is 24.4 Å². The summed E-state index contributed by atoms with van der Waals surface area (Å²) in [5, 5.41) is 22.0. The smallest absolute Gasteiger partial charge is 0.137 e. The van der Waals surface area contributed by atoms with Gasteiger partial charge in [0.1, 0.15) is 30.3 Å². The Morgan fingerprint density at radius 3 is 2.86 bits per heavy atom. The molecule has 0 bridgehead atoms. The summed E-state index contributed by atoms with van der Waals surface area (Å²) in [4.78, 5) is 0. The monoisotopic (exact) mass is 286 g/mol. The summed E-state index contributed by atoms with van der Waals surface area (Å²) in [7, 11) is 0. The second kappa shape index (κ2) is 7.48. The Bertz CT molecular complexity index is 590. The Balaban J connectivity index is 1.77. The highest BCUT2D eigenvalue weighted by atomic mass is 16.5. The number of rotatable bonds is 7. The summed E-state index contributed by atoms with van der Waals surface area (Å²) >= 11 is 0. The van der Waals surface area contributed by atoms with Gasteiger partial charge in [0.15, 0.2) is 0 Å². The Labute approximate surface area is 123 Å². The number of ether oxygens (including phenoxy) is 1. The van der Waals surface area contributed by atoms with E-state index in [0.717, 1.165) is 5.76 Å². The zero-order valence-corrected chi connectivity index (χ0v) is 11.8. The van der Waals surface area contributed by atoms with Gasteiger partial charge in [0.05, 0.1) is 17.9 Å². The minimum atomic E-state index is -0.672. The van der Waals surface area contributed by atoms with Gasteiger partial charge >= 0.3 is 0 Å². The number of nitrogens with one attached hydrogen (secondary N) is 1. The van der Waals surface area contributed by atoms with Crippen LogP contribution in [0.25, 0.3) is 0 Å². The fourth-order valence-electron chi connectivity index (χ4n) is 1.88. The number of nitriles is 1. The third-order valence-electron chi connectivity index (χ3n) is 3.07. The molecule has 2 rings (SSSR count). The first kappa shape index (κ1) is 15.1. The molecule has 2 N–H and O–H groups in total. The van der Waals surface area contributed by atoms with Gasteiger partial charge in [0.2, 0.25) is 0 Å². The molecule has 21 heavy (non-hydrogen) atoms. The molecule has 0 spiro atoms. The number of nitrogens with zero attached hydrogens (tertiary/aromatic N) is 1. The molecule has 110 valence electrons. The average molecular weight is 286 g/mol. The maximum absolute atomic E-state index is 9.92. The number of furan rings is 1. The molecular formula is C16H18N2O3. The zero-order valence-electron chi connectivity index (χ0n) is 11.8. The van der Waals surface area contributed by atoms with Crippen molar-refractivity contribution >= 4 is 0 Å². The van der Waals surface area contributed by atoms with E-state index >= 15 is 0 Å². The lowest BCUT2D eigenvalue weighted by Gasteiger charge is -2.16. The highest BCUT2D eigenvalue weighted by molar-refractivity contribution is 5.42. The number of hydrogen-bond donors (Lipinski definition) is 2. The molecule has 1 aromatic heterocycles. The summed E-state index contributed by atoms with van der Waals surface area (Å²) in [6.45, 7) is 2.45. The zero-order chi connectivity index (χ0) is 15.1. The predicted molar refractivity (Wildman–Crippen MR) is 77.8 cm³/mol. The van der Waals surface area contributed by atoms with E-state index in [1.54, 1.807) is 30.5 Å². The third kappa shape index (κ3) is 4.35. The molecule has 5 heteroatoms. The fraction of sp³-hybridized carbons (Fsp3) is 0.312. The molecule has 1 heterocycles. The van der Waals surface area contributed by atoms with Crippen LogP contribution in [0.1, 0.15) is 24.3 Å². The molecule has 1 unspecified atom stereocenters. The van der Waals surface area contributed by atoms with Crippen LogP contribution in [0.15, 0.2) is 47.1 Å². The molecule has 2 aromatic rings. The lowest BCUT2D eigenvalue weighted by atomic mass is 10.2. The van der Waals surface area contributed by atoms with Crippen molar-refractivity contribution in [3.63, 3.8) is 0 Å². The van der Waals surface area contributed by atoms with Crippen LogP contribution in [0.4, 0.5) is 0 Å². The number of aliphatic hydroxyl groups excluding tert-OH is 1. The number of aliphatic hydroxyl groups is 1. The van der Waals surface area contributed by atoms with Crippen LogP contribution in [0.5, 0.6) is 5.75 Å². The Hall–Kier alpha value is -2.29. The van der Waals surface area contributed by atoms with Crippen molar-refractivity contribution in [2.75, 3.05) is 13.2 Å². The molecule has 0 saturated carbocycles. The molecule has 0 aliphatic carbocycles. The standard InChI is InChI=1S/C16H18N2O3/c1-12(15-7-4-8-20-15)18-10-14(19)11-21-16-6-3-2-5-13(16)9-17/h2-8,12,14,18-19H,10-11H2,1H3/t12-,14?/m0/s1. The molecular weight excluding hydrogens is 268 g/mol. The number of para-hydroxylation sites is 1. The first-order valence-electron chi connectivity index (χ1n) is 6.77. The van der Waals surface area contributed by atoms with Gasteiger partial charge in [-0.25, -0.2) is 0 Å². The summed E-state index contributed by atoms with van der Waals surface area (Å²) < 4.78 is 10.8. The molecule has 0 amide bonds. The van der Waals surface area contributed by atoms with E-state index in [9.17, 15) is 5.11 Å². The highest BCUT2D eigenvalue weighted by Crippen LogP contribution is 2.17. The van der Waals surface area contributed by atoms with Crippen LogP contribution >= 0.6 is 0 Å². The molecule has 0 aliphatic rings. The molecule has 0 fully saturated rings.